The summed E-state index contributed by atoms with van der Waals surface area (Å²) in [6.45, 7) is 13.7. The third-order valence-corrected chi connectivity index (χ3v) is 8.74. The summed E-state index contributed by atoms with van der Waals surface area (Å²) in [6, 6.07) is 0. The van der Waals surface area contributed by atoms with Gasteiger partial charge < -0.3 is 7.28 Å². The molecule has 0 radical (unpaired) electrons. The third kappa shape index (κ3) is 7.69. The van der Waals surface area contributed by atoms with Crippen molar-refractivity contribution in [3.05, 3.63) is 0 Å². The largest absolute Gasteiger partial charge is 2.00 e. The normalized spacial score (nSPS) is 14.4. The van der Waals surface area contributed by atoms with Crippen LogP contribution in [0.5, 0.6) is 0 Å². The average molecular weight is 322 g/mol. The molecule has 0 fully saturated rings. The van der Waals surface area contributed by atoms with Crippen molar-refractivity contribution < 1.29 is 7.28 Å². The van der Waals surface area contributed by atoms with Crippen molar-refractivity contribution in [2.24, 2.45) is 0 Å². The van der Waals surface area contributed by atoms with E-state index in [-0.39, 0.29) is 30.9 Å². The summed E-state index contributed by atoms with van der Waals surface area (Å²) in [7, 11) is -1.58. The van der Waals surface area contributed by atoms with Gasteiger partial charge in [-0.1, -0.05) is 62.9 Å². The van der Waals surface area contributed by atoms with E-state index < -0.39 is 8.32 Å². The Morgan fingerprint density at radius 1 is 1.25 bits per heavy atom. The summed E-state index contributed by atoms with van der Waals surface area (Å²) in [4.78, 5) is 0. The topological polar surface area (TPSA) is 9.23 Å². The Morgan fingerprint density at radius 3 is 2.12 bits per heavy atom. The van der Waals surface area contributed by atoms with Gasteiger partial charge in [-0.05, 0) is 24.6 Å². The van der Waals surface area contributed by atoms with Gasteiger partial charge in [0.2, 0.25) is 0 Å². The van der Waals surface area contributed by atoms with Crippen molar-refractivity contribution >= 4 is 47.3 Å². The van der Waals surface area contributed by atoms with Crippen LogP contribution < -0.4 is 0 Å². The minimum atomic E-state index is -1.58. The van der Waals surface area contributed by atoms with Crippen LogP contribution in [-0.2, 0) is 4.43 Å². The summed E-state index contributed by atoms with van der Waals surface area (Å²) in [6.07, 6.45) is 4.99. The van der Waals surface area contributed by atoms with Gasteiger partial charge in [0, 0.05) is 0 Å². The molecule has 0 heterocycles. The van der Waals surface area contributed by atoms with Crippen molar-refractivity contribution in [3.8, 4) is 0 Å². The smallest absolute Gasteiger partial charge is 1.00 e. The minimum Gasteiger partial charge on any atom is -1.00 e. The zero-order valence-corrected chi connectivity index (χ0v) is 15.9. The van der Waals surface area contributed by atoms with E-state index in [9.17, 15) is 0 Å². The third-order valence-electron chi connectivity index (χ3n) is 3.26. The molecule has 96 valence electrons. The number of halogens is 1. The van der Waals surface area contributed by atoms with Crippen molar-refractivity contribution in [1.82, 2.24) is 0 Å². The van der Waals surface area contributed by atoms with Crippen LogP contribution in [0.3, 0.4) is 0 Å². The maximum Gasteiger partial charge on any atom is 2.00 e. The average Bonchev–Trinajstić information content (AvgIpc) is 2.01. The molecule has 0 amide bonds. The quantitative estimate of drug-likeness (QED) is 0.373. The summed E-state index contributed by atoms with van der Waals surface area (Å²) in [5.41, 5.74) is 0. The zero-order valence-electron chi connectivity index (χ0n) is 13.9. The molecular weight excluding hydrogens is 292 g/mol. The van der Waals surface area contributed by atoms with E-state index in [0.29, 0.717) is 5.04 Å². The molecular formula is C12H29BrMgOSi. The molecule has 0 bridgehead atoms. The summed E-state index contributed by atoms with van der Waals surface area (Å²) in [5.74, 6) is 0. The van der Waals surface area contributed by atoms with Crippen molar-refractivity contribution in [3.63, 3.8) is 0 Å². The monoisotopic (exact) mass is 320 g/mol. The van der Waals surface area contributed by atoms with Crippen LogP contribution in [-0.4, -0.2) is 36.4 Å². The molecule has 0 saturated heterocycles. The Hall–Kier alpha value is 1.42. The van der Waals surface area contributed by atoms with E-state index in [0.717, 1.165) is 6.42 Å². The minimum absolute atomic E-state index is 0. The van der Waals surface area contributed by atoms with Gasteiger partial charge in [0.25, 0.3) is 0 Å². The van der Waals surface area contributed by atoms with Crippen LogP contribution in [0.15, 0.2) is 0 Å². The van der Waals surface area contributed by atoms with E-state index in [1.807, 2.05) is 0 Å². The van der Waals surface area contributed by atoms with Crippen LogP contribution in [0.2, 0.25) is 18.1 Å². The van der Waals surface area contributed by atoms with E-state index in [4.69, 9.17) is 4.43 Å². The molecule has 0 spiro atoms. The zero-order chi connectivity index (χ0) is 12.1. The van der Waals surface area contributed by atoms with Gasteiger partial charge in [-0.3, -0.25) is 0 Å². The fourth-order valence-corrected chi connectivity index (χ4v) is 3.95. The van der Waals surface area contributed by atoms with Gasteiger partial charge in [0.1, 0.15) is 5.01 Å². The van der Waals surface area contributed by atoms with Crippen LogP contribution in [0, 0.1) is 0 Å². The fourth-order valence-electron chi connectivity index (χ4n) is 1.11. The Kier molecular flexibility index (Phi) is 10.5. The second-order valence-corrected chi connectivity index (χ2v) is 11.6. The van der Waals surface area contributed by atoms with Crippen LogP contribution >= 0.6 is 15.9 Å². The second-order valence-electron chi connectivity index (χ2n) is 5.78. The van der Waals surface area contributed by atoms with Gasteiger partial charge in [0.05, 0.1) is 0 Å². The molecule has 0 aliphatic rings. The predicted molar refractivity (Wildman–Crippen MR) is 83.1 cm³/mol. The standard InChI is InChI=1S/C12H27BrOSi.Mg.2H/c1-7-8-9-10-11(13)14-15(5,6)12(2,3)4;;;/h11H,7-10H2,1-6H3;;;/q;+2;2*-1. The molecule has 0 aromatic rings. The summed E-state index contributed by atoms with van der Waals surface area (Å²) < 4.78 is 6.20. The van der Waals surface area contributed by atoms with Crippen molar-refractivity contribution in [2.75, 3.05) is 0 Å². The Balaban J connectivity index is -0.000000327. The van der Waals surface area contributed by atoms with Gasteiger partial charge in [-0.25, -0.2) is 0 Å². The number of hydrogen-bond acceptors (Lipinski definition) is 1. The molecule has 0 aliphatic carbocycles. The fraction of sp³-hybridized carbons (Fsp3) is 1.00. The number of hydrogen-bond donors (Lipinski definition) is 0. The van der Waals surface area contributed by atoms with Gasteiger partial charge in [-0.2, -0.15) is 0 Å². The molecule has 0 saturated carbocycles. The van der Waals surface area contributed by atoms with E-state index in [1.54, 1.807) is 0 Å². The predicted octanol–water partition coefficient (Wildman–Crippen LogP) is 5.15. The number of unbranched alkanes of at least 4 members (excludes halogenated alkanes) is 2. The molecule has 1 unspecified atom stereocenters. The Morgan fingerprint density at radius 2 is 1.75 bits per heavy atom. The maximum absolute atomic E-state index is 6.20. The first-order valence-corrected chi connectivity index (χ1v) is 9.85. The van der Waals surface area contributed by atoms with Crippen LogP contribution in [0.1, 0.15) is 56.2 Å². The molecule has 16 heavy (non-hydrogen) atoms. The maximum atomic E-state index is 6.20. The van der Waals surface area contributed by atoms with Crippen molar-refractivity contribution in [2.45, 2.75) is 76.5 Å². The number of alkyl halides is 1. The molecule has 1 atom stereocenters. The molecule has 4 heteroatoms. The van der Waals surface area contributed by atoms with Crippen LogP contribution in [0.4, 0.5) is 0 Å². The summed E-state index contributed by atoms with van der Waals surface area (Å²) >= 11 is 3.65. The van der Waals surface area contributed by atoms with Gasteiger partial charge in [0.15, 0.2) is 8.32 Å². The SMILES string of the molecule is CCCCCC(Br)O[Si](C)(C)C(C)(C)C.[H-].[H-].[Mg+2]. The second kappa shape index (κ2) is 8.51. The van der Waals surface area contributed by atoms with Crippen molar-refractivity contribution in [1.29, 1.82) is 0 Å². The molecule has 0 aromatic carbocycles. The van der Waals surface area contributed by atoms with E-state index >= 15 is 0 Å². The van der Waals surface area contributed by atoms with Gasteiger partial charge in [-0.15, -0.1) is 0 Å². The molecule has 0 aromatic heterocycles. The Labute approximate surface area is 130 Å². The first kappa shape index (κ1) is 19.8. The molecule has 0 N–H and O–H groups in total. The first-order chi connectivity index (χ1) is 6.70. The van der Waals surface area contributed by atoms with Crippen LogP contribution in [0.25, 0.3) is 0 Å². The summed E-state index contributed by atoms with van der Waals surface area (Å²) in [5, 5.41) is 0.564. The molecule has 1 nitrogen and oxygen atoms in total. The van der Waals surface area contributed by atoms with E-state index in [2.05, 4.69) is 56.7 Å². The van der Waals surface area contributed by atoms with E-state index in [1.165, 1.54) is 19.3 Å². The van der Waals surface area contributed by atoms with Gasteiger partial charge >= 0.3 is 23.1 Å². The molecule has 0 aliphatic heterocycles. The molecule has 0 rings (SSSR count). The Bertz CT molecular complexity index is 189. The number of rotatable bonds is 6. The first-order valence-electron chi connectivity index (χ1n) is 6.02.